The highest BCUT2D eigenvalue weighted by Crippen LogP contribution is 2.29. The number of benzene rings is 1. The summed E-state index contributed by atoms with van der Waals surface area (Å²) in [5.41, 5.74) is 0.771. The number of ether oxygens (including phenoxy) is 1. The Balaban J connectivity index is 1.85. The van der Waals surface area contributed by atoms with Crippen LogP contribution < -0.4 is 0 Å². The second-order valence-electron chi connectivity index (χ2n) is 5.57. The number of aromatic nitrogens is 3. The number of methoxy groups -OCH3 is 1. The molecule has 0 saturated carbocycles. The zero-order chi connectivity index (χ0) is 16.6. The van der Waals surface area contributed by atoms with Crippen molar-refractivity contribution in [2.75, 3.05) is 20.2 Å². The summed E-state index contributed by atoms with van der Waals surface area (Å²) in [6.07, 6.45) is 1.32. The van der Waals surface area contributed by atoms with E-state index in [9.17, 15) is 13.6 Å². The average molecular weight is 322 g/mol. The monoisotopic (exact) mass is 322 g/mol. The number of likely N-dealkylation sites (tertiary alicyclic amines) is 1. The molecule has 1 saturated heterocycles. The smallest absolute Gasteiger partial charge is 0.256 e. The van der Waals surface area contributed by atoms with E-state index in [1.165, 1.54) is 17.9 Å². The molecule has 122 valence electrons. The number of nitrogens with one attached hydrogen (secondary N) is 1. The molecule has 1 fully saturated rings. The first-order valence-corrected chi connectivity index (χ1v) is 7.14. The van der Waals surface area contributed by atoms with Crippen molar-refractivity contribution in [2.24, 2.45) is 0 Å². The Morgan fingerprint density at radius 2 is 2.13 bits per heavy atom. The van der Waals surface area contributed by atoms with E-state index in [0.717, 1.165) is 6.07 Å². The second-order valence-corrected chi connectivity index (χ2v) is 5.57. The number of carbonyl (C=O) groups excluding carboxylic acids is 1. The van der Waals surface area contributed by atoms with Gasteiger partial charge in [-0.1, -0.05) is 0 Å². The molecule has 8 heteroatoms. The predicted octanol–water partition coefficient (Wildman–Crippen LogP) is 1.65. The topological polar surface area (TPSA) is 71.1 Å². The van der Waals surface area contributed by atoms with Crippen LogP contribution in [0.4, 0.5) is 8.78 Å². The predicted molar refractivity (Wildman–Crippen MR) is 76.9 cm³/mol. The van der Waals surface area contributed by atoms with E-state index in [1.54, 1.807) is 13.3 Å². The first kappa shape index (κ1) is 15.5. The first-order valence-electron chi connectivity index (χ1n) is 7.14. The molecular formula is C15H16F2N4O2. The van der Waals surface area contributed by atoms with Crippen LogP contribution in [0.3, 0.4) is 0 Å². The van der Waals surface area contributed by atoms with Gasteiger partial charge in [-0.25, -0.2) is 8.78 Å². The summed E-state index contributed by atoms with van der Waals surface area (Å²) >= 11 is 0. The molecule has 0 spiro atoms. The minimum atomic E-state index is -0.864. The summed E-state index contributed by atoms with van der Waals surface area (Å²) in [7, 11) is 1.55. The number of H-pyrrole nitrogens is 1. The van der Waals surface area contributed by atoms with Gasteiger partial charge in [0.2, 0.25) is 0 Å². The van der Waals surface area contributed by atoms with Crippen LogP contribution in [0.2, 0.25) is 0 Å². The van der Waals surface area contributed by atoms with Gasteiger partial charge in [-0.05, 0) is 18.6 Å². The molecule has 2 heterocycles. The van der Waals surface area contributed by atoms with Gasteiger partial charge in [0.1, 0.15) is 11.6 Å². The molecule has 0 unspecified atom stereocenters. The highest BCUT2D eigenvalue weighted by atomic mass is 19.1. The van der Waals surface area contributed by atoms with Gasteiger partial charge >= 0.3 is 0 Å². The lowest BCUT2D eigenvalue weighted by atomic mass is 10.0. The van der Waals surface area contributed by atoms with Crippen LogP contribution in [-0.2, 0) is 4.74 Å². The van der Waals surface area contributed by atoms with Gasteiger partial charge in [-0.15, -0.1) is 0 Å². The van der Waals surface area contributed by atoms with Crippen LogP contribution in [0, 0.1) is 18.6 Å². The van der Waals surface area contributed by atoms with Crippen LogP contribution in [-0.4, -0.2) is 52.5 Å². The Kier molecular flexibility index (Phi) is 4.08. The lowest BCUT2D eigenvalue weighted by molar-refractivity contribution is 0.0710. The zero-order valence-corrected chi connectivity index (χ0v) is 12.7. The lowest BCUT2D eigenvalue weighted by Crippen LogP contribution is -2.30. The maximum atomic E-state index is 13.9. The quantitative estimate of drug-likeness (QED) is 0.933. The van der Waals surface area contributed by atoms with Crippen LogP contribution in [0.1, 0.15) is 27.5 Å². The Bertz CT molecular complexity index is 721. The number of hydrogen-bond donors (Lipinski definition) is 1. The zero-order valence-electron chi connectivity index (χ0n) is 12.7. The fourth-order valence-corrected chi connectivity index (χ4v) is 2.84. The van der Waals surface area contributed by atoms with Gasteiger partial charge in [-0.2, -0.15) is 15.4 Å². The fraction of sp³-hybridized carbons (Fsp3) is 0.400. The SMILES string of the molecule is CO[C@@H]1CN(C(=O)c2cc(C)c(F)cc2F)C[C@H]1c1cn[nH]n1. The minimum absolute atomic E-state index is 0.139. The van der Waals surface area contributed by atoms with Crippen molar-refractivity contribution in [2.45, 2.75) is 18.9 Å². The molecule has 3 rings (SSSR count). The normalized spacial score (nSPS) is 21.0. The highest BCUT2D eigenvalue weighted by Gasteiger charge is 2.38. The molecule has 1 aliphatic rings. The summed E-state index contributed by atoms with van der Waals surface area (Å²) in [6, 6.07) is 1.97. The van der Waals surface area contributed by atoms with Gasteiger partial charge in [0.25, 0.3) is 5.91 Å². The third kappa shape index (κ3) is 2.81. The molecule has 1 amide bonds. The summed E-state index contributed by atoms with van der Waals surface area (Å²) in [6.45, 7) is 2.13. The molecule has 1 aliphatic heterocycles. The Labute approximate surface area is 131 Å². The van der Waals surface area contributed by atoms with Crippen LogP contribution in [0.25, 0.3) is 0 Å². The number of carbonyl (C=O) groups is 1. The molecule has 6 nitrogen and oxygen atoms in total. The minimum Gasteiger partial charge on any atom is -0.379 e. The number of halogens is 2. The van der Waals surface area contributed by atoms with E-state index in [-0.39, 0.29) is 23.1 Å². The molecule has 2 atom stereocenters. The molecule has 1 N–H and O–H groups in total. The van der Waals surface area contributed by atoms with Crippen molar-refractivity contribution in [3.05, 3.63) is 46.8 Å². The summed E-state index contributed by atoms with van der Waals surface area (Å²) in [4.78, 5) is 14.1. The summed E-state index contributed by atoms with van der Waals surface area (Å²) < 4.78 is 32.7. The van der Waals surface area contributed by atoms with Crippen molar-refractivity contribution >= 4 is 5.91 Å². The van der Waals surface area contributed by atoms with Crippen molar-refractivity contribution < 1.29 is 18.3 Å². The van der Waals surface area contributed by atoms with Crippen LogP contribution in [0.15, 0.2) is 18.3 Å². The number of hydrogen-bond acceptors (Lipinski definition) is 4. The number of rotatable bonds is 3. The maximum Gasteiger partial charge on any atom is 0.256 e. The third-order valence-electron chi connectivity index (χ3n) is 4.15. The summed E-state index contributed by atoms with van der Waals surface area (Å²) in [5.74, 6) is -2.17. The van der Waals surface area contributed by atoms with E-state index in [1.807, 2.05) is 0 Å². The van der Waals surface area contributed by atoms with Crippen molar-refractivity contribution in [3.63, 3.8) is 0 Å². The van der Waals surface area contributed by atoms with Crippen LogP contribution in [0.5, 0.6) is 0 Å². The van der Waals surface area contributed by atoms with Gasteiger partial charge in [-0.3, -0.25) is 4.79 Å². The molecule has 0 bridgehead atoms. The van der Waals surface area contributed by atoms with E-state index in [2.05, 4.69) is 15.4 Å². The molecule has 2 aromatic rings. The molecule has 1 aromatic heterocycles. The summed E-state index contributed by atoms with van der Waals surface area (Å²) in [5, 5.41) is 10.3. The molecule has 1 aromatic carbocycles. The Morgan fingerprint density at radius 1 is 1.35 bits per heavy atom. The van der Waals surface area contributed by atoms with Crippen LogP contribution >= 0.6 is 0 Å². The molecule has 23 heavy (non-hydrogen) atoms. The molecular weight excluding hydrogens is 306 g/mol. The van der Waals surface area contributed by atoms with E-state index in [0.29, 0.717) is 18.8 Å². The van der Waals surface area contributed by atoms with Gasteiger partial charge in [0.15, 0.2) is 0 Å². The van der Waals surface area contributed by atoms with Crippen molar-refractivity contribution in [1.29, 1.82) is 0 Å². The third-order valence-corrected chi connectivity index (χ3v) is 4.15. The lowest BCUT2D eigenvalue weighted by Gasteiger charge is -2.17. The van der Waals surface area contributed by atoms with E-state index >= 15 is 0 Å². The molecule has 0 radical (unpaired) electrons. The van der Waals surface area contributed by atoms with Gasteiger partial charge < -0.3 is 9.64 Å². The highest BCUT2D eigenvalue weighted by molar-refractivity contribution is 5.95. The number of aromatic amines is 1. The number of nitrogens with zero attached hydrogens (tertiary/aromatic N) is 3. The van der Waals surface area contributed by atoms with E-state index in [4.69, 9.17) is 4.74 Å². The molecule has 0 aliphatic carbocycles. The Hall–Kier alpha value is -2.35. The second kappa shape index (κ2) is 6.04. The standard InChI is InChI=1S/C15H16F2N4O2/c1-8-3-9(12(17)4-11(8)16)15(22)21-6-10(14(7-21)23-2)13-5-18-20-19-13/h3-5,10,14H,6-7H2,1-2H3,(H,18,19,20)/t10-,14+/m0/s1. The average Bonchev–Trinajstić information content (AvgIpc) is 3.18. The van der Waals surface area contributed by atoms with Gasteiger partial charge in [0, 0.05) is 26.3 Å². The fourth-order valence-electron chi connectivity index (χ4n) is 2.84. The van der Waals surface area contributed by atoms with E-state index < -0.39 is 17.5 Å². The Morgan fingerprint density at radius 3 is 2.78 bits per heavy atom. The first-order chi connectivity index (χ1) is 11.0. The number of amides is 1. The van der Waals surface area contributed by atoms with Crippen molar-refractivity contribution in [1.82, 2.24) is 20.3 Å². The maximum absolute atomic E-state index is 13.9. The van der Waals surface area contributed by atoms with Crippen molar-refractivity contribution in [3.8, 4) is 0 Å². The van der Waals surface area contributed by atoms with Gasteiger partial charge in [0.05, 0.1) is 29.5 Å². The largest absolute Gasteiger partial charge is 0.379 e. The number of aryl methyl sites for hydroxylation is 1.